The summed E-state index contributed by atoms with van der Waals surface area (Å²) in [5.74, 6) is 0. The second-order valence-corrected chi connectivity index (χ2v) is 8.71. The van der Waals surface area contributed by atoms with Gasteiger partial charge in [0.2, 0.25) is 0 Å². The van der Waals surface area contributed by atoms with Gasteiger partial charge in [-0.1, -0.05) is 48.0 Å². The number of rotatable bonds is 3. The van der Waals surface area contributed by atoms with Crippen LogP contribution in [0.4, 0.5) is 0 Å². The molecule has 4 nitrogen and oxygen atoms in total. The van der Waals surface area contributed by atoms with E-state index in [-0.39, 0.29) is 6.04 Å². The first-order valence-electron chi connectivity index (χ1n) is 10.9. The van der Waals surface area contributed by atoms with E-state index in [0.29, 0.717) is 0 Å². The van der Waals surface area contributed by atoms with Gasteiger partial charge in [0.05, 0.1) is 23.0 Å². The lowest BCUT2D eigenvalue weighted by molar-refractivity contribution is 0.650. The van der Waals surface area contributed by atoms with E-state index in [4.69, 9.17) is 10.1 Å². The first kappa shape index (κ1) is 19.6. The molecule has 2 aromatic carbocycles. The minimum absolute atomic E-state index is 0.194. The zero-order valence-electron chi connectivity index (χ0n) is 19.1. The smallest absolute Gasteiger partial charge is 0.165 e. The minimum atomic E-state index is 0.194. The van der Waals surface area contributed by atoms with E-state index in [2.05, 4.69) is 101 Å². The average molecular weight is 409 g/mol. The average Bonchev–Trinajstić information content (AvgIpc) is 3.30. The highest BCUT2D eigenvalue weighted by atomic mass is 15.3. The third kappa shape index (κ3) is 2.97. The molecule has 0 saturated carbocycles. The molecule has 0 saturated heterocycles. The SMILES string of the molecule is Cc1cc(C)c(-c2c(C)nn3c2nc(C)c2ccn([C@@H](C)c4ccccc4)c23)c(C)c1. The van der Waals surface area contributed by atoms with Crippen molar-refractivity contribution in [2.75, 3.05) is 0 Å². The van der Waals surface area contributed by atoms with E-state index in [9.17, 15) is 0 Å². The molecule has 0 spiro atoms. The largest absolute Gasteiger partial charge is 0.325 e. The number of nitrogens with zero attached hydrogens (tertiary/aromatic N) is 4. The van der Waals surface area contributed by atoms with Crippen LogP contribution >= 0.6 is 0 Å². The molecule has 0 bridgehead atoms. The Kier molecular flexibility index (Phi) is 4.47. The molecule has 0 amide bonds. The normalized spacial score (nSPS) is 12.7. The van der Waals surface area contributed by atoms with Crippen LogP contribution in [0.15, 0.2) is 54.7 Å². The zero-order valence-corrected chi connectivity index (χ0v) is 19.1. The van der Waals surface area contributed by atoms with Gasteiger partial charge in [-0.05, 0) is 69.9 Å². The molecule has 0 aliphatic rings. The first-order valence-corrected chi connectivity index (χ1v) is 10.9. The minimum Gasteiger partial charge on any atom is -0.325 e. The molecule has 156 valence electrons. The lowest BCUT2D eigenvalue weighted by atomic mass is 9.94. The van der Waals surface area contributed by atoms with Crippen molar-refractivity contribution in [3.63, 3.8) is 0 Å². The Labute approximate surface area is 183 Å². The highest BCUT2D eigenvalue weighted by molar-refractivity contribution is 5.89. The van der Waals surface area contributed by atoms with Gasteiger partial charge in [0, 0.05) is 11.6 Å². The summed E-state index contributed by atoms with van der Waals surface area (Å²) in [6.45, 7) is 12.9. The molecule has 0 N–H and O–H groups in total. The summed E-state index contributed by atoms with van der Waals surface area (Å²) in [6, 6.07) is 17.5. The molecule has 3 heterocycles. The molecule has 0 unspecified atom stereocenters. The molecule has 31 heavy (non-hydrogen) atoms. The Balaban J connectivity index is 1.83. The van der Waals surface area contributed by atoms with Crippen molar-refractivity contribution in [1.82, 2.24) is 19.2 Å². The van der Waals surface area contributed by atoms with E-state index in [1.165, 1.54) is 27.8 Å². The maximum Gasteiger partial charge on any atom is 0.165 e. The van der Waals surface area contributed by atoms with Gasteiger partial charge in [-0.25, -0.2) is 4.98 Å². The highest BCUT2D eigenvalue weighted by Gasteiger charge is 2.22. The van der Waals surface area contributed by atoms with Crippen molar-refractivity contribution in [2.45, 2.75) is 47.6 Å². The van der Waals surface area contributed by atoms with Gasteiger partial charge in [-0.2, -0.15) is 9.61 Å². The summed E-state index contributed by atoms with van der Waals surface area (Å²) in [6.07, 6.45) is 2.16. The van der Waals surface area contributed by atoms with Gasteiger partial charge in [-0.15, -0.1) is 0 Å². The summed E-state index contributed by atoms with van der Waals surface area (Å²) >= 11 is 0. The van der Waals surface area contributed by atoms with Crippen LogP contribution in [-0.4, -0.2) is 19.2 Å². The lowest BCUT2D eigenvalue weighted by Gasteiger charge is -2.16. The van der Waals surface area contributed by atoms with Crippen LogP contribution in [0.3, 0.4) is 0 Å². The molecule has 0 radical (unpaired) electrons. The van der Waals surface area contributed by atoms with Crippen LogP contribution in [0.1, 0.15) is 46.6 Å². The van der Waals surface area contributed by atoms with E-state index < -0.39 is 0 Å². The molecule has 5 rings (SSSR count). The predicted molar refractivity (Wildman–Crippen MR) is 128 cm³/mol. The number of hydrogen-bond donors (Lipinski definition) is 0. The van der Waals surface area contributed by atoms with Gasteiger partial charge in [-0.3, -0.25) is 0 Å². The monoisotopic (exact) mass is 408 g/mol. The van der Waals surface area contributed by atoms with Gasteiger partial charge >= 0.3 is 0 Å². The molecular formula is C27H28N4. The van der Waals surface area contributed by atoms with Crippen molar-refractivity contribution in [1.29, 1.82) is 0 Å². The summed E-state index contributed by atoms with van der Waals surface area (Å²) in [5, 5.41) is 6.15. The fourth-order valence-corrected chi connectivity index (χ4v) is 5.00. The first-order chi connectivity index (χ1) is 14.9. The Morgan fingerprint density at radius 1 is 0.806 bits per heavy atom. The second-order valence-electron chi connectivity index (χ2n) is 8.71. The molecule has 0 aliphatic heterocycles. The predicted octanol–water partition coefficient (Wildman–Crippen LogP) is 6.50. The Morgan fingerprint density at radius 3 is 2.16 bits per heavy atom. The molecule has 4 heteroatoms. The van der Waals surface area contributed by atoms with E-state index >= 15 is 0 Å². The summed E-state index contributed by atoms with van der Waals surface area (Å²) in [5.41, 5.74) is 11.5. The molecule has 0 fully saturated rings. The van der Waals surface area contributed by atoms with Crippen LogP contribution in [-0.2, 0) is 0 Å². The standard InChI is InChI=1S/C27H28N4/c1-16-14-17(2)24(18(3)15-16)25-20(5)29-31-26(25)28-19(4)23-12-13-30(27(23)31)21(6)22-10-8-7-9-11-22/h7-15,21H,1-6H3/t21-/m0/s1. The summed E-state index contributed by atoms with van der Waals surface area (Å²) in [7, 11) is 0. The highest BCUT2D eigenvalue weighted by Crippen LogP contribution is 2.36. The number of hydrogen-bond acceptors (Lipinski definition) is 2. The maximum absolute atomic E-state index is 5.04. The van der Waals surface area contributed by atoms with Crippen molar-refractivity contribution in [3.05, 3.63) is 88.4 Å². The quantitative estimate of drug-likeness (QED) is 0.341. The maximum atomic E-state index is 5.04. The molecule has 5 aromatic rings. The van der Waals surface area contributed by atoms with Crippen LogP contribution in [0.2, 0.25) is 0 Å². The van der Waals surface area contributed by atoms with Gasteiger partial charge in [0.15, 0.2) is 5.65 Å². The summed E-state index contributed by atoms with van der Waals surface area (Å²) < 4.78 is 4.36. The Hall–Kier alpha value is -3.40. The number of aryl methyl sites for hydroxylation is 5. The van der Waals surface area contributed by atoms with Crippen LogP contribution < -0.4 is 0 Å². The van der Waals surface area contributed by atoms with E-state index in [0.717, 1.165) is 33.6 Å². The van der Waals surface area contributed by atoms with E-state index in [1.807, 2.05) is 4.52 Å². The number of fused-ring (bicyclic) bond motifs is 3. The number of benzene rings is 2. The fourth-order valence-electron chi connectivity index (χ4n) is 5.00. The molecule has 0 aliphatic carbocycles. The van der Waals surface area contributed by atoms with Gasteiger partial charge in [0.25, 0.3) is 0 Å². The Bertz CT molecular complexity index is 1410. The second kappa shape index (κ2) is 7.09. The van der Waals surface area contributed by atoms with Crippen molar-refractivity contribution in [3.8, 4) is 11.1 Å². The number of aromatic nitrogens is 4. The molecule has 1 atom stereocenters. The van der Waals surface area contributed by atoms with Crippen molar-refractivity contribution in [2.24, 2.45) is 0 Å². The lowest BCUT2D eigenvalue weighted by Crippen LogP contribution is -2.09. The van der Waals surface area contributed by atoms with Crippen LogP contribution in [0.25, 0.3) is 27.8 Å². The third-order valence-corrected chi connectivity index (χ3v) is 6.41. The van der Waals surface area contributed by atoms with Crippen molar-refractivity contribution >= 4 is 16.7 Å². The zero-order chi connectivity index (χ0) is 21.9. The topological polar surface area (TPSA) is 35.1 Å². The van der Waals surface area contributed by atoms with Gasteiger partial charge < -0.3 is 4.57 Å². The molecular weight excluding hydrogens is 380 g/mol. The van der Waals surface area contributed by atoms with Crippen LogP contribution in [0.5, 0.6) is 0 Å². The summed E-state index contributed by atoms with van der Waals surface area (Å²) in [4.78, 5) is 5.04. The van der Waals surface area contributed by atoms with E-state index in [1.54, 1.807) is 0 Å². The fraction of sp³-hybridized carbons (Fsp3) is 0.259. The third-order valence-electron chi connectivity index (χ3n) is 6.41. The van der Waals surface area contributed by atoms with Crippen molar-refractivity contribution < 1.29 is 0 Å². The van der Waals surface area contributed by atoms with Crippen LogP contribution in [0, 0.1) is 34.6 Å². The Morgan fingerprint density at radius 2 is 1.48 bits per heavy atom. The molecule has 3 aromatic heterocycles. The van der Waals surface area contributed by atoms with Gasteiger partial charge in [0.1, 0.15) is 5.65 Å².